The fraction of sp³-hybridized carbons (Fsp3) is 0.450. The molecule has 4 heterocycles. The van der Waals surface area contributed by atoms with Crippen LogP contribution in [0.5, 0.6) is 0 Å². The number of rotatable bonds is 4. The van der Waals surface area contributed by atoms with Crippen molar-refractivity contribution in [1.29, 1.82) is 0 Å². The second kappa shape index (κ2) is 7.53. The lowest BCUT2D eigenvalue weighted by Crippen LogP contribution is -2.39. The van der Waals surface area contributed by atoms with Gasteiger partial charge in [-0.05, 0) is 45.7 Å². The molecule has 1 aliphatic rings. The number of hydrogen-bond donors (Lipinski definition) is 0. The molecule has 0 N–H and O–H groups in total. The molecule has 1 saturated heterocycles. The fourth-order valence-electron chi connectivity index (χ4n) is 3.76. The zero-order chi connectivity index (χ0) is 19.7. The van der Waals surface area contributed by atoms with Crippen LogP contribution in [-0.4, -0.2) is 44.4 Å². The van der Waals surface area contributed by atoms with Gasteiger partial charge < -0.3 is 9.42 Å². The van der Waals surface area contributed by atoms with E-state index in [0.717, 1.165) is 41.2 Å². The topological polar surface area (TPSA) is 98.2 Å². The van der Waals surface area contributed by atoms with E-state index in [9.17, 15) is 4.79 Å². The molecule has 1 fully saturated rings. The van der Waals surface area contributed by atoms with Gasteiger partial charge in [-0.1, -0.05) is 21.5 Å². The van der Waals surface area contributed by atoms with Crippen LogP contribution in [0.15, 0.2) is 27.4 Å². The van der Waals surface area contributed by atoms with Crippen LogP contribution in [0.25, 0.3) is 11.3 Å². The van der Waals surface area contributed by atoms with Crippen LogP contribution in [0.2, 0.25) is 0 Å². The predicted octanol–water partition coefficient (Wildman–Crippen LogP) is 2.99. The van der Waals surface area contributed by atoms with E-state index in [-0.39, 0.29) is 12.3 Å². The third-order valence-corrected chi connectivity index (χ3v) is 5.39. The van der Waals surface area contributed by atoms with E-state index in [1.807, 2.05) is 30.9 Å². The third kappa shape index (κ3) is 3.54. The van der Waals surface area contributed by atoms with E-state index < -0.39 is 0 Å². The van der Waals surface area contributed by atoms with Gasteiger partial charge in [-0.2, -0.15) is 0 Å². The minimum Gasteiger partial charge on any atom is -0.361 e. The Bertz CT molecular complexity index is 966. The smallest absolute Gasteiger partial charge is 0.228 e. The van der Waals surface area contributed by atoms with Crippen molar-refractivity contribution in [3.05, 3.63) is 46.7 Å². The zero-order valence-electron chi connectivity index (χ0n) is 16.3. The minimum atomic E-state index is 0.0645. The molecule has 8 heteroatoms. The van der Waals surface area contributed by atoms with Gasteiger partial charge in [0.15, 0.2) is 0 Å². The van der Waals surface area contributed by atoms with Crippen LogP contribution in [0, 0.1) is 20.8 Å². The molecule has 146 valence electrons. The number of amides is 1. The predicted molar refractivity (Wildman–Crippen MR) is 101 cm³/mol. The van der Waals surface area contributed by atoms with E-state index in [4.69, 9.17) is 9.51 Å². The van der Waals surface area contributed by atoms with Crippen molar-refractivity contribution in [2.24, 2.45) is 0 Å². The first kappa shape index (κ1) is 18.3. The largest absolute Gasteiger partial charge is 0.361 e. The molecule has 0 atom stereocenters. The summed E-state index contributed by atoms with van der Waals surface area (Å²) >= 11 is 0. The van der Waals surface area contributed by atoms with Gasteiger partial charge >= 0.3 is 0 Å². The molecule has 4 rings (SSSR count). The number of aryl methyl sites for hydroxylation is 3. The second-order valence-electron chi connectivity index (χ2n) is 7.28. The monoisotopic (exact) mass is 381 g/mol. The summed E-state index contributed by atoms with van der Waals surface area (Å²) < 4.78 is 9.95. The Labute approximate surface area is 162 Å². The van der Waals surface area contributed by atoms with Gasteiger partial charge in [-0.25, -0.2) is 4.63 Å². The van der Waals surface area contributed by atoms with Gasteiger partial charge in [0, 0.05) is 24.7 Å². The molecule has 0 bridgehead atoms. The highest BCUT2D eigenvalue weighted by atomic mass is 16.6. The summed E-state index contributed by atoms with van der Waals surface area (Å²) in [6.45, 7) is 7.05. The first-order chi connectivity index (χ1) is 13.5. The van der Waals surface area contributed by atoms with E-state index in [2.05, 4.69) is 26.2 Å². The molecular weight excluding hydrogens is 358 g/mol. The maximum atomic E-state index is 12.5. The molecule has 8 nitrogen and oxygen atoms in total. The molecule has 0 saturated carbocycles. The normalized spacial score (nSPS) is 15.2. The summed E-state index contributed by atoms with van der Waals surface area (Å²) in [5.41, 5.74) is 5.04. The third-order valence-electron chi connectivity index (χ3n) is 5.39. The highest BCUT2D eigenvalue weighted by Gasteiger charge is 2.26. The molecule has 1 amide bonds. The van der Waals surface area contributed by atoms with Crippen LogP contribution >= 0.6 is 0 Å². The fourth-order valence-corrected chi connectivity index (χ4v) is 3.76. The van der Waals surface area contributed by atoms with Crippen molar-refractivity contribution in [3.63, 3.8) is 0 Å². The number of carbonyl (C=O) groups excluding carboxylic acids is 1. The Hall–Kier alpha value is -3.03. The van der Waals surface area contributed by atoms with Gasteiger partial charge in [-0.15, -0.1) is 0 Å². The van der Waals surface area contributed by atoms with Crippen molar-refractivity contribution >= 4 is 5.91 Å². The molecule has 0 aliphatic carbocycles. The van der Waals surface area contributed by atoms with Gasteiger partial charge in [0.25, 0.3) is 0 Å². The molecule has 0 spiro atoms. The van der Waals surface area contributed by atoms with E-state index >= 15 is 0 Å². The van der Waals surface area contributed by atoms with Gasteiger partial charge in [-0.3, -0.25) is 9.78 Å². The summed E-state index contributed by atoms with van der Waals surface area (Å²) in [6.07, 6.45) is 2.01. The number of piperidine rings is 1. The SMILES string of the molecule is Cc1nonc1CC(=O)N1CCC(c2cccc(-c3c(C)noc3C)n2)CC1. The van der Waals surface area contributed by atoms with E-state index in [0.29, 0.717) is 30.4 Å². The zero-order valence-corrected chi connectivity index (χ0v) is 16.3. The standard InChI is InChI=1S/C20H23N5O3/c1-12-18(24-28-23-12)11-19(26)25-9-7-15(8-10-25)16-5-4-6-17(21-16)20-13(2)22-27-14(20)3/h4-6,15H,7-11H2,1-3H3. The summed E-state index contributed by atoms with van der Waals surface area (Å²) in [7, 11) is 0. The lowest BCUT2D eigenvalue weighted by Gasteiger charge is -2.31. The average molecular weight is 381 g/mol. The van der Waals surface area contributed by atoms with Crippen molar-refractivity contribution in [2.75, 3.05) is 13.1 Å². The maximum absolute atomic E-state index is 12.5. The second-order valence-corrected chi connectivity index (χ2v) is 7.28. The van der Waals surface area contributed by atoms with Crippen LogP contribution in [0.1, 0.15) is 47.3 Å². The summed E-state index contributed by atoms with van der Waals surface area (Å²) in [4.78, 5) is 19.3. The van der Waals surface area contributed by atoms with Crippen molar-refractivity contribution in [1.82, 2.24) is 25.4 Å². The number of pyridine rings is 1. The molecule has 1 aliphatic heterocycles. The molecule has 0 aromatic carbocycles. The van der Waals surface area contributed by atoms with Crippen molar-refractivity contribution in [3.8, 4) is 11.3 Å². The Kier molecular flexibility index (Phi) is 4.93. The van der Waals surface area contributed by atoms with Crippen molar-refractivity contribution in [2.45, 2.75) is 46.0 Å². The van der Waals surface area contributed by atoms with E-state index in [1.165, 1.54) is 0 Å². The summed E-state index contributed by atoms with van der Waals surface area (Å²) in [5.74, 6) is 1.18. The molecular formula is C20H23N5O3. The Balaban J connectivity index is 1.42. The Morgan fingerprint density at radius 3 is 2.54 bits per heavy atom. The Morgan fingerprint density at radius 2 is 1.89 bits per heavy atom. The van der Waals surface area contributed by atoms with Gasteiger partial charge in [0.2, 0.25) is 5.91 Å². The maximum Gasteiger partial charge on any atom is 0.228 e. The highest BCUT2D eigenvalue weighted by molar-refractivity contribution is 5.78. The molecule has 3 aromatic heterocycles. The van der Waals surface area contributed by atoms with Crippen molar-refractivity contribution < 1.29 is 13.9 Å². The quantitative estimate of drug-likeness (QED) is 0.685. The number of hydrogen-bond acceptors (Lipinski definition) is 7. The van der Waals surface area contributed by atoms with Crippen LogP contribution < -0.4 is 0 Å². The number of nitrogens with zero attached hydrogens (tertiary/aromatic N) is 5. The summed E-state index contributed by atoms with van der Waals surface area (Å²) in [6, 6.07) is 6.08. The highest BCUT2D eigenvalue weighted by Crippen LogP contribution is 2.30. The van der Waals surface area contributed by atoms with Gasteiger partial charge in [0.05, 0.1) is 23.4 Å². The molecule has 28 heavy (non-hydrogen) atoms. The number of likely N-dealkylation sites (tertiary alicyclic amines) is 1. The summed E-state index contributed by atoms with van der Waals surface area (Å²) in [5, 5.41) is 11.6. The van der Waals surface area contributed by atoms with Crippen LogP contribution in [-0.2, 0) is 11.2 Å². The lowest BCUT2D eigenvalue weighted by molar-refractivity contribution is -0.131. The van der Waals surface area contributed by atoms with Gasteiger partial charge in [0.1, 0.15) is 17.1 Å². The average Bonchev–Trinajstić information content (AvgIpc) is 3.26. The van der Waals surface area contributed by atoms with E-state index in [1.54, 1.807) is 6.92 Å². The van der Waals surface area contributed by atoms with Crippen LogP contribution in [0.4, 0.5) is 0 Å². The van der Waals surface area contributed by atoms with Crippen LogP contribution in [0.3, 0.4) is 0 Å². The lowest BCUT2D eigenvalue weighted by atomic mass is 9.92. The first-order valence-electron chi connectivity index (χ1n) is 9.49. The first-order valence-corrected chi connectivity index (χ1v) is 9.49. The minimum absolute atomic E-state index is 0.0645. The number of carbonyl (C=O) groups is 1. The molecule has 0 radical (unpaired) electrons. The Morgan fingerprint density at radius 1 is 1.11 bits per heavy atom. The molecule has 0 unspecified atom stereocenters. The molecule has 3 aromatic rings. The number of aromatic nitrogens is 4.